The molecule has 0 bridgehead atoms. The summed E-state index contributed by atoms with van der Waals surface area (Å²) >= 11 is 3.52. The molecule has 100 valence electrons. The Labute approximate surface area is 116 Å². The van der Waals surface area contributed by atoms with Gasteiger partial charge in [0.2, 0.25) is 5.96 Å². The van der Waals surface area contributed by atoms with Crippen LogP contribution in [0.3, 0.4) is 0 Å². The first kappa shape index (κ1) is 14.9. The van der Waals surface area contributed by atoms with Gasteiger partial charge in [0, 0.05) is 24.7 Å². The molecule has 4 N–H and O–H groups in total. The molecule has 5 nitrogen and oxygen atoms in total. The smallest absolute Gasteiger partial charge is 0.210 e. The molecule has 0 aliphatic heterocycles. The van der Waals surface area contributed by atoms with E-state index in [0.717, 1.165) is 22.1 Å². The Kier molecular flexibility index (Phi) is 6.70. The molecule has 18 heavy (non-hydrogen) atoms. The zero-order valence-corrected chi connectivity index (χ0v) is 12.3. The fourth-order valence-corrected chi connectivity index (χ4v) is 1.76. The van der Waals surface area contributed by atoms with Crippen molar-refractivity contribution in [2.45, 2.75) is 13.3 Å². The third-order valence-corrected chi connectivity index (χ3v) is 3.41. The van der Waals surface area contributed by atoms with E-state index in [4.69, 9.17) is 10.6 Å². The van der Waals surface area contributed by atoms with Crippen LogP contribution in [0.2, 0.25) is 0 Å². The molecular formula is C12H19BrN4O. The predicted molar refractivity (Wildman–Crippen MR) is 78.6 cm³/mol. The van der Waals surface area contributed by atoms with Crippen molar-refractivity contribution in [1.82, 2.24) is 5.43 Å². The first-order chi connectivity index (χ1) is 8.69. The first-order valence-corrected chi connectivity index (χ1v) is 6.50. The Hall–Kier alpha value is -1.11. The Morgan fingerprint density at radius 3 is 2.94 bits per heavy atom. The number of rotatable bonds is 5. The summed E-state index contributed by atoms with van der Waals surface area (Å²) < 4.78 is 5.97. The number of methoxy groups -OCH3 is 1. The van der Waals surface area contributed by atoms with Crippen LogP contribution < -0.4 is 16.6 Å². The van der Waals surface area contributed by atoms with Gasteiger partial charge in [-0.05, 0) is 40.9 Å². The number of hydrazine groups is 1. The minimum absolute atomic E-state index is 0.539. The second-order valence-corrected chi connectivity index (χ2v) is 4.58. The van der Waals surface area contributed by atoms with E-state index in [9.17, 15) is 0 Å². The Morgan fingerprint density at radius 2 is 2.28 bits per heavy atom. The molecule has 0 aliphatic rings. The number of ether oxygens (including phenoxy) is 1. The number of nitrogens with one attached hydrogen (secondary N) is 2. The van der Waals surface area contributed by atoms with Gasteiger partial charge in [-0.2, -0.15) is 0 Å². The zero-order chi connectivity index (χ0) is 13.4. The van der Waals surface area contributed by atoms with Crippen LogP contribution in [0, 0.1) is 6.92 Å². The number of nitrogens with zero attached hydrogens (tertiary/aromatic N) is 1. The summed E-state index contributed by atoms with van der Waals surface area (Å²) in [6, 6.07) is 5.96. The molecule has 0 amide bonds. The molecule has 0 radical (unpaired) electrons. The van der Waals surface area contributed by atoms with Crippen LogP contribution in [0.5, 0.6) is 0 Å². The maximum absolute atomic E-state index is 5.43. The van der Waals surface area contributed by atoms with E-state index in [1.54, 1.807) is 7.11 Å². The van der Waals surface area contributed by atoms with Crippen molar-refractivity contribution in [3.63, 3.8) is 0 Å². The number of guanidine groups is 1. The molecule has 6 heteroatoms. The average molecular weight is 315 g/mol. The van der Waals surface area contributed by atoms with Gasteiger partial charge in [-0.25, -0.2) is 5.84 Å². The van der Waals surface area contributed by atoms with Crippen LogP contribution >= 0.6 is 15.9 Å². The van der Waals surface area contributed by atoms with Crippen LogP contribution in [0.4, 0.5) is 5.69 Å². The summed E-state index contributed by atoms with van der Waals surface area (Å²) in [7, 11) is 1.67. The summed E-state index contributed by atoms with van der Waals surface area (Å²) in [6.45, 7) is 3.37. The highest BCUT2D eigenvalue weighted by Gasteiger charge is 2.04. The molecule has 0 spiro atoms. The lowest BCUT2D eigenvalue weighted by Gasteiger charge is -2.12. The standard InChI is InChI=1S/C12H19BrN4O/c1-9-5-3-6-10(11(9)13)16-12(17-14)15-7-4-8-18-2/h3,5-6H,4,7-8,14H2,1-2H3,(H2,15,16,17). The maximum atomic E-state index is 5.43. The van der Waals surface area contributed by atoms with Gasteiger partial charge in [-0.1, -0.05) is 12.1 Å². The van der Waals surface area contributed by atoms with Crippen LogP contribution in [0.15, 0.2) is 27.7 Å². The van der Waals surface area contributed by atoms with Crippen molar-refractivity contribution < 1.29 is 4.74 Å². The van der Waals surface area contributed by atoms with Gasteiger partial charge < -0.3 is 10.1 Å². The van der Waals surface area contributed by atoms with Gasteiger partial charge in [0.25, 0.3) is 0 Å². The van der Waals surface area contributed by atoms with Crippen molar-refractivity contribution in [3.8, 4) is 0 Å². The lowest BCUT2D eigenvalue weighted by molar-refractivity contribution is 0.197. The Balaban J connectivity index is 2.65. The van der Waals surface area contributed by atoms with Crippen LogP contribution in [-0.2, 0) is 4.74 Å². The number of anilines is 1. The van der Waals surface area contributed by atoms with Gasteiger partial charge >= 0.3 is 0 Å². The summed E-state index contributed by atoms with van der Waals surface area (Å²) in [4.78, 5) is 4.31. The monoisotopic (exact) mass is 314 g/mol. The highest BCUT2D eigenvalue weighted by Crippen LogP contribution is 2.25. The minimum Gasteiger partial charge on any atom is -0.385 e. The molecule has 0 aliphatic carbocycles. The van der Waals surface area contributed by atoms with E-state index in [1.165, 1.54) is 0 Å². The number of halogens is 1. The van der Waals surface area contributed by atoms with Crippen molar-refractivity contribution in [3.05, 3.63) is 28.2 Å². The number of benzene rings is 1. The second kappa shape index (κ2) is 8.07. The molecular weight excluding hydrogens is 296 g/mol. The number of hydrogen-bond donors (Lipinski definition) is 3. The Morgan fingerprint density at radius 1 is 1.50 bits per heavy atom. The molecule has 0 heterocycles. The van der Waals surface area contributed by atoms with Crippen molar-refractivity contribution in [2.24, 2.45) is 10.8 Å². The van der Waals surface area contributed by atoms with Crippen LogP contribution in [0.25, 0.3) is 0 Å². The highest BCUT2D eigenvalue weighted by molar-refractivity contribution is 9.10. The lowest BCUT2D eigenvalue weighted by Crippen LogP contribution is -2.36. The summed E-state index contributed by atoms with van der Waals surface area (Å²) in [5.41, 5.74) is 4.63. The minimum atomic E-state index is 0.539. The van der Waals surface area contributed by atoms with Gasteiger partial charge in [-0.15, -0.1) is 0 Å². The fraction of sp³-hybridized carbons (Fsp3) is 0.417. The van der Waals surface area contributed by atoms with E-state index in [0.29, 0.717) is 19.1 Å². The third-order valence-electron chi connectivity index (χ3n) is 2.36. The van der Waals surface area contributed by atoms with E-state index >= 15 is 0 Å². The third kappa shape index (κ3) is 4.64. The Bertz CT molecular complexity index is 409. The highest BCUT2D eigenvalue weighted by atomic mass is 79.9. The molecule has 0 saturated carbocycles. The summed E-state index contributed by atoms with van der Waals surface area (Å²) in [6.07, 6.45) is 0.859. The average Bonchev–Trinajstić information content (AvgIpc) is 2.38. The molecule has 1 rings (SSSR count). The molecule has 1 aromatic rings. The molecule has 0 fully saturated rings. The van der Waals surface area contributed by atoms with Gasteiger partial charge in [0.1, 0.15) is 0 Å². The van der Waals surface area contributed by atoms with E-state index in [1.807, 2.05) is 25.1 Å². The number of nitrogens with two attached hydrogens (primary N) is 1. The molecule has 0 atom stereocenters. The number of aliphatic imine (C=N–C) groups is 1. The molecule has 0 unspecified atom stereocenters. The predicted octanol–water partition coefficient (Wildman–Crippen LogP) is 2.03. The van der Waals surface area contributed by atoms with Crippen molar-refractivity contribution in [1.29, 1.82) is 0 Å². The normalized spacial score (nSPS) is 11.4. The van der Waals surface area contributed by atoms with Crippen molar-refractivity contribution in [2.75, 3.05) is 25.6 Å². The molecule has 1 aromatic carbocycles. The number of aryl methyl sites for hydroxylation is 1. The first-order valence-electron chi connectivity index (χ1n) is 5.71. The zero-order valence-electron chi connectivity index (χ0n) is 10.7. The van der Waals surface area contributed by atoms with Crippen LogP contribution in [0.1, 0.15) is 12.0 Å². The van der Waals surface area contributed by atoms with Crippen LogP contribution in [-0.4, -0.2) is 26.2 Å². The SMILES string of the molecule is COCCCN=C(NN)Nc1cccc(C)c1Br. The van der Waals surface area contributed by atoms with Gasteiger partial charge in [0.05, 0.1) is 5.69 Å². The quantitative estimate of drug-likeness (QED) is 0.256. The van der Waals surface area contributed by atoms with Crippen molar-refractivity contribution >= 4 is 27.6 Å². The number of hydrogen-bond acceptors (Lipinski definition) is 3. The fourth-order valence-electron chi connectivity index (χ4n) is 1.39. The maximum Gasteiger partial charge on any atom is 0.210 e. The lowest BCUT2D eigenvalue weighted by atomic mass is 10.2. The second-order valence-electron chi connectivity index (χ2n) is 3.78. The largest absolute Gasteiger partial charge is 0.385 e. The summed E-state index contributed by atoms with van der Waals surface area (Å²) in [5, 5.41) is 3.14. The topological polar surface area (TPSA) is 71.7 Å². The van der Waals surface area contributed by atoms with Gasteiger partial charge in [-0.3, -0.25) is 10.4 Å². The molecule has 0 saturated heterocycles. The van der Waals surface area contributed by atoms with E-state index in [2.05, 4.69) is 31.7 Å². The molecule has 0 aromatic heterocycles. The van der Waals surface area contributed by atoms with E-state index in [-0.39, 0.29) is 0 Å². The van der Waals surface area contributed by atoms with Gasteiger partial charge in [0.15, 0.2) is 0 Å². The van der Waals surface area contributed by atoms with E-state index < -0.39 is 0 Å². The summed E-state index contributed by atoms with van der Waals surface area (Å²) in [5.74, 6) is 5.97.